The van der Waals surface area contributed by atoms with E-state index in [4.69, 9.17) is 16.3 Å². The van der Waals surface area contributed by atoms with Gasteiger partial charge in [0, 0.05) is 30.1 Å². The van der Waals surface area contributed by atoms with Crippen LogP contribution in [0.1, 0.15) is 37.7 Å². The fraction of sp³-hybridized carbons (Fsp3) is 0.611. The number of fused-ring (bicyclic) bond motifs is 2. The Kier molecular flexibility index (Phi) is 5.44. The second kappa shape index (κ2) is 7.54. The average molecular weight is 337 g/mol. The highest BCUT2D eigenvalue weighted by molar-refractivity contribution is 6.31. The van der Waals surface area contributed by atoms with Gasteiger partial charge in [0.05, 0.1) is 7.11 Å². The largest absolute Gasteiger partial charge is 0.497 e. The molecule has 2 N–H and O–H groups in total. The lowest BCUT2D eigenvalue weighted by atomic mass is 9.89. The standard InChI is InChI=1S/C18H25ClN2O2/c1-23-16-5-2-13(17(19)11-16)6-7-20-18(22)10-12-8-14-3-4-15(9-12)21-14/h2,5,11-12,14-15,21H,3-4,6-10H2,1H3,(H,20,22). The first-order valence-electron chi connectivity index (χ1n) is 8.49. The van der Waals surface area contributed by atoms with Gasteiger partial charge in [-0.15, -0.1) is 0 Å². The maximum absolute atomic E-state index is 12.1. The van der Waals surface area contributed by atoms with E-state index in [1.165, 1.54) is 12.8 Å². The third kappa shape index (κ3) is 4.39. The van der Waals surface area contributed by atoms with Crippen molar-refractivity contribution in [1.82, 2.24) is 10.6 Å². The number of nitrogens with one attached hydrogen (secondary N) is 2. The molecule has 0 aliphatic carbocycles. The SMILES string of the molecule is COc1ccc(CCNC(=O)CC2CC3CCC(C2)N3)c(Cl)c1. The lowest BCUT2D eigenvalue weighted by molar-refractivity contribution is -0.122. The number of ether oxygens (including phenoxy) is 1. The molecule has 23 heavy (non-hydrogen) atoms. The van der Waals surface area contributed by atoms with Gasteiger partial charge < -0.3 is 15.4 Å². The molecule has 2 saturated heterocycles. The number of hydrogen-bond acceptors (Lipinski definition) is 3. The third-order valence-electron chi connectivity index (χ3n) is 5.02. The molecule has 0 saturated carbocycles. The fourth-order valence-electron chi connectivity index (χ4n) is 3.87. The summed E-state index contributed by atoms with van der Waals surface area (Å²) in [5, 5.41) is 7.34. The zero-order valence-electron chi connectivity index (χ0n) is 13.6. The first-order valence-corrected chi connectivity index (χ1v) is 8.87. The van der Waals surface area contributed by atoms with Gasteiger partial charge in [0.2, 0.25) is 5.91 Å². The lowest BCUT2D eigenvalue weighted by Gasteiger charge is -2.28. The Morgan fingerprint density at radius 3 is 2.74 bits per heavy atom. The zero-order chi connectivity index (χ0) is 16.2. The van der Waals surface area contributed by atoms with Gasteiger partial charge in [-0.05, 0) is 55.7 Å². The van der Waals surface area contributed by atoms with Crippen LogP contribution in [0.25, 0.3) is 0 Å². The van der Waals surface area contributed by atoms with Crippen molar-refractivity contribution in [2.24, 2.45) is 5.92 Å². The van der Waals surface area contributed by atoms with E-state index in [0.717, 1.165) is 30.6 Å². The first kappa shape index (κ1) is 16.6. The van der Waals surface area contributed by atoms with Crippen molar-refractivity contribution in [3.8, 4) is 5.75 Å². The summed E-state index contributed by atoms with van der Waals surface area (Å²) in [7, 11) is 1.62. The molecule has 126 valence electrons. The molecule has 2 unspecified atom stereocenters. The third-order valence-corrected chi connectivity index (χ3v) is 5.37. The van der Waals surface area contributed by atoms with E-state index in [0.29, 0.717) is 36.0 Å². The van der Waals surface area contributed by atoms with Crippen molar-refractivity contribution in [2.75, 3.05) is 13.7 Å². The number of carbonyl (C=O) groups excluding carboxylic acids is 1. The first-order chi connectivity index (χ1) is 11.1. The zero-order valence-corrected chi connectivity index (χ0v) is 14.4. The topological polar surface area (TPSA) is 50.4 Å². The van der Waals surface area contributed by atoms with Gasteiger partial charge in [-0.3, -0.25) is 4.79 Å². The molecule has 1 aromatic rings. The molecule has 0 radical (unpaired) electrons. The van der Waals surface area contributed by atoms with Gasteiger partial charge in [-0.1, -0.05) is 17.7 Å². The normalized spacial score (nSPS) is 26.1. The number of rotatable bonds is 6. The molecular formula is C18H25ClN2O2. The van der Waals surface area contributed by atoms with Crippen LogP contribution < -0.4 is 15.4 Å². The van der Waals surface area contributed by atoms with Gasteiger partial charge in [0.1, 0.15) is 5.75 Å². The van der Waals surface area contributed by atoms with Gasteiger partial charge >= 0.3 is 0 Å². The predicted molar refractivity (Wildman–Crippen MR) is 92.0 cm³/mol. The van der Waals surface area contributed by atoms with Crippen LogP contribution in [-0.2, 0) is 11.2 Å². The van der Waals surface area contributed by atoms with Gasteiger partial charge in [-0.2, -0.15) is 0 Å². The summed E-state index contributed by atoms with van der Waals surface area (Å²) < 4.78 is 5.14. The maximum atomic E-state index is 12.1. The average Bonchev–Trinajstić information content (AvgIpc) is 2.87. The molecule has 2 aliphatic rings. The monoisotopic (exact) mass is 336 g/mol. The van der Waals surface area contributed by atoms with Crippen LogP contribution in [0.5, 0.6) is 5.75 Å². The van der Waals surface area contributed by atoms with E-state index >= 15 is 0 Å². The highest BCUT2D eigenvalue weighted by atomic mass is 35.5. The quantitative estimate of drug-likeness (QED) is 0.839. The number of methoxy groups -OCH3 is 1. The molecule has 0 aromatic heterocycles. The van der Waals surface area contributed by atoms with Crippen LogP contribution in [0.4, 0.5) is 0 Å². The molecule has 2 heterocycles. The second-order valence-corrected chi connectivity index (χ2v) is 7.14. The summed E-state index contributed by atoms with van der Waals surface area (Å²) in [6.07, 6.45) is 6.25. The summed E-state index contributed by atoms with van der Waals surface area (Å²) in [6.45, 7) is 0.628. The predicted octanol–water partition coefficient (Wildman–Crippen LogP) is 2.93. The van der Waals surface area contributed by atoms with E-state index in [1.54, 1.807) is 7.11 Å². The smallest absolute Gasteiger partial charge is 0.220 e. The Labute approximate surface area is 142 Å². The molecule has 2 atom stereocenters. The van der Waals surface area contributed by atoms with Crippen LogP contribution in [-0.4, -0.2) is 31.6 Å². The molecule has 2 bridgehead atoms. The summed E-state index contributed by atoms with van der Waals surface area (Å²) in [5.74, 6) is 1.46. The number of benzene rings is 1. The van der Waals surface area contributed by atoms with Gasteiger partial charge in [-0.25, -0.2) is 0 Å². The molecular weight excluding hydrogens is 312 g/mol. The number of hydrogen-bond donors (Lipinski definition) is 2. The summed E-state index contributed by atoms with van der Waals surface area (Å²) >= 11 is 6.22. The molecule has 4 nitrogen and oxygen atoms in total. The van der Waals surface area contributed by atoms with Crippen molar-refractivity contribution in [3.05, 3.63) is 28.8 Å². The Morgan fingerprint density at radius 2 is 2.09 bits per heavy atom. The van der Waals surface area contributed by atoms with E-state index in [1.807, 2.05) is 18.2 Å². The molecule has 2 aliphatic heterocycles. The minimum Gasteiger partial charge on any atom is -0.497 e. The van der Waals surface area contributed by atoms with Gasteiger partial charge in [0.25, 0.3) is 0 Å². The lowest BCUT2D eigenvalue weighted by Crippen LogP contribution is -2.39. The maximum Gasteiger partial charge on any atom is 0.220 e. The van der Waals surface area contributed by atoms with E-state index in [-0.39, 0.29) is 5.91 Å². The number of halogens is 1. The molecule has 0 spiro atoms. The summed E-state index contributed by atoms with van der Waals surface area (Å²) in [6, 6.07) is 6.95. The summed E-state index contributed by atoms with van der Waals surface area (Å²) in [5.41, 5.74) is 1.03. The molecule has 5 heteroatoms. The fourth-order valence-corrected chi connectivity index (χ4v) is 4.14. The number of amides is 1. The van der Waals surface area contributed by atoms with Crippen LogP contribution in [0.3, 0.4) is 0 Å². The Hall–Kier alpha value is -1.26. The van der Waals surface area contributed by atoms with Crippen LogP contribution in [0.15, 0.2) is 18.2 Å². The Bertz CT molecular complexity index is 552. The minimum absolute atomic E-state index is 0.168. The minimum atomic E-state index is 0.168. The van der Waals surface area contributed by atoms with E-state index in [9.17, 15) is 4.79 Å². The highest BCUT2D eigenvalue weighted by Crippen LogP contribution is 2.32. The second-order valence-electron chi connectivity index (χ2n) is 6.74. The van der Waals surface area contributed by atoms with Gasteiger partial charge in [0.15, 0.2) is 0 Å². The number of carbonyl (C=O) groups is 1. The van der Waals surface area contributed by atoms with Crippen molar-refractivity contribution in [3.63, 3.8) is 0 Å². The number of piperidine rings is 1. The van der Waals surface area contributed by atoms with Crippen molar-refractivity contribution < 1.29 is 9.53 Å². The van der Waals surface area contributed by atoms with Crippen LogP contribution in [0, 0.1) is 5.92 Å². The van der Waals surface area contributed by atoms with E-state index in [2.05, 4.69) is 10.6 Å². The van der Waals surface area contributed by atoms with Crippen molar-refractivity contribution in [1.29, 1.82) is 0 Å². The van der Waals surface area contributed by atoms with Crippen LogP contribution >= 0.6 is 11.6 Å². The molecule has 2 fully saturated rings. The Morgan fingerprint density at radius 1 is 1.35 bits per heavy atom. The Balaban J connectivity index is 1.41. The molecule has 3 rings (SSSR count). The highest BCUT2D eigenvalue weighted by Gasteiger charge is 2.34. The van der Waals surface area contributed by atoms with Crippen LogP contribution in [0.2, 0.25) is 5.02 Å². The molecule has 1 aromatic carbocycles. The molecule has 1 amide bonds. The van der Waals surface area contributed by atoms with Crippen molar-refractivity contribution >= 4 is 17.5 Å². The van der Waals surface area contributed by atoms with Crippen molar-refractivity contribution in [2.45, 2.75) is 50.6 Å². The summed E-state index contributed by atoms with van der Waals surface area (Å²) in [4.78, 5) is 12.1. The van der Waals surface area contributed by atoms with E-state index < -0.39 is 0 Å².